The van der Waals surface area contributed by atoms with E-state index in [1.807, 2.05) is 6.92 Å². The van der Waals surface area contributed by atoms with Crippen molar-refractivity contribution in [2.75, 3.05) is 0 Å². The minimum absolute atomic E-state index is 0.0986. The van der Waals surface area contributed by atoms with Crippen LogP contribution in [0.3, 0.4) is 0 Å². The Bertz CT molecular complexity index is 659. The normalized spacial score (nSPS) is 10.3. The van der Waals surface area contributed by atoms with Gasteiger partial charge in [0, 0.05) is 23.2 Å². The third-order valence-electron chi connectivity index (χ3n) is 2.81. The van der Waals surface area contributed by atoms with Gasteiger partial charge >= 0.3 is 5.69 Å². The van der Waals surface area contributed by atoms with Crippen molar-refractivity contribution in [3.05, 3.63) is 62.7 Å². The largest absolute Gasteiger partial charge is 0.450 e. The molecule has 0 spiro atoms. The number of hydrogen-bond donors (Lipinski definition) is 1. The summed E-state index contributed by atoms with van der Waals surface area (Å²) in [4.78, 5) is 10.5. The van der Waals surface area contributed by atoms with E-state index < -0.39 is 4.92 Å². The van der Waals surface area contributed by atoms with Crippen molar-refractivity contribution in [2.24, 2.45) is 5.73 Å². The van der Waals surface area contributed by atoms with Gasteiger partial charge in [0.1, 0.15) is 5.75 Å². The van der Waals surface area contributed by atoms with Crippen molar-refractivity contribution in [1.82, 2.24) is 0 Å². The molecule has 2 aromatic carbocycles. The van der Waals surface area contributed by atoms with Crippen LogP contribution >= 0.6 is 11.6 Å². The lowest BCUT2D eigenvalue weighted by Crippen LogP contribution is -2.01. The van der Waals surface area contributed by atoms with Gasteiger partial charge in [-0.05, 0) is 30.7 Å². The zero-order valence-corrected chi connectivity index (χ0v) is 11.6. The lowest BCUT2D eigenvalue weighted by atomic mass is 10.2. The molecule has 5 nitrogen and oxygen atoms in total. The van der Waals surface area contributed by atoms with Gasteiger partial charge in [0.15, 0.2) is 0 Å². The number of aryl methyl sites for hydroxylation is 1. The first-order chi connectivity index (χ1) is 9.52. The molecule has 0 amide bonds. The summed E-state index contributed by atoms with van der Waals surface area (Å²) >= 11 is 6.04. The van der Waals surface area contributed by atoms with Crippen LogP contribution in [0, 0.1) is 17.0 Å². The molecule has 0 radical (unpaired) electrons. The SMILES string of the molecule is Cc1ccc([N+](=O)[O-])c(Oc2cccc(Cl)c2CN)c1. The molecule has 0 fully saturated rings. The molecule has 0 heterocycles. The Labute approximate surface area is 121 Å². The van der Waals surface area contributed by atoms with E-state index in [9.17, 15) is 10.1 Å². The number of nitrogens with two attached hydrogens (primary N) is 1. The predicted molar refractivity (Wildman–Crippen MR) is 77.3 cm³/mol. The zero-order chi connectivity index (χ0) is 14.7. The standard InChI is InChI=1S/C14H13ClN2O3/c1-9-5-6-12(17(18)19)14(7-9)20-13-4-2-3-11(15)10(13)8-16/h2-7H,8,16H2,1H3. The molecule has 0 aliphatic carbocycles. The van der Waals surface area contributed by atoms with E-state index in [4.69, 9.17) is 22.1 Å². The predicted octanol–water partition coefficient (Wildman–Crippen LogP) is 3.81. The summed E-state index contributed by atoms with van der Waals surface area (Å²) < 4.78 is 5.65. The van der Waals surface area contributed by atoms with Gasteiger partial charge in [0.05, 0.1) is 4.92 Å². The highest BCUT2D eigenvalue weighted by Crippen LogP contribution is 2.35. The van der Waals surface area contributed by atoms with E-state index in [1.54, 1.807) is 30.3 Å². The highest BCUT2D eigenvalue weighted by atomic mass is 35.5. The highest BCUT2D eigenvalue weighted by molar-refractivity contribution is 6.31. The second-order valence-corrected chi connectivity index (χ2v) is 4.66. The highest BCUT2D eigenvalue weighted by Gasteiger charge is 2.17. The van der Waals surface area contributed by atoms with Gasteiger partial charge in [0.25, 0.3) is 0 Å². The third kappa shape index (κ3) is 2.89. The van der Waals surface area contributed by atoms with Crippen LogP contribution in [0.4, 0.5) is 5.69 Å². The zero-order valence-electron chi connectivity index (χ0n) is 10.8. The second-order valence-electron chi connectivity index (χ2n) is 4.25. The molecule has 0 aromatic heterocycles. The first-order valence-corrected chi connectivity index (χ1v) is 6.31. The van der Waals surface area contributed by atoms with Crippen LogP contribution in [0.5, 0.6) is 11.5 Å². The van der Waals surface area contributed by atoms with Crippen LogP contribution in [-0.2, 0) is 6.54 Å². The fraction of sp³-hybridized carbons (Fsp3) is 0.143. The molecule has 0 aliphatic rings. The Kier molecular flexibility index (Phi) is 4.22. The molecule has 0 aliphatic heterocycles. The number of hydrogen-bond acceptors (Lipinski definition) is 4. The fourth-order valence-electron chi connectivity index (χ4n) is 1.80. The molecular weight excluding hydrogens is 280 g/mol. The number of rotatable bonds is 4. The van der Waals surface area contributed by atoms with Gasteiger partial charge in [0.2, 0.25) is 5.75 Å². The van der Waals surface area contributed by atoms with E-state index >= 15 is 0 Å². The number of benzene rings is 2. The average Bonchev–Trinajstić information content (AvgIpc) is 2.38. The number of nitro groups is 1. The molecule has 0 atom stereocenters. The number of halogens is 1. The van der Waals surface area contributed by atoms with Crippen molar-refractivity contribution in [2.45, 2.75) is 13.5 Å². The molecule has 0 saturated heterocycles. The van der Waals surface area contributed by atoms with Gasteiger partial charge in [-0.15, -0.1) is 0 Å². The van der Waals surface area contributed by atoms with E-state index in [1.165, 1.54) is 6.07 Å². The Hall–Kier alpha value is -2.11. The molecular formula is C14H13ClN2O3. The minimum atomic E-state index is -0.485. The van der Waals surface area contributed by atoms with Crippen molar-refractivity contribution in [3.63, 3.8) is 0 Å². The first kappa shape index (κ1) is 14.3. The summed E-state index contributed by atoms with van der Waals surface area (Å²) in [6.45, 7) is 2.02. The Morgan fingerprint density at radius 3 is 2.70 bits per heavy atom. The maximum Gasteiger partial charge on any atom is 0.311 e. The summed E-state index contributed by atoms with van der Waals surface area (Å²) in [5.41, 5.74) is 7.01. The lowest BCUT2D eigenvalue weighted by molar-refractivity contribution is -0.385. The summed E-state index contributed by atoms with van der Waals surface area (Å²) in [6.07, 6.45) is 0. The third-order valence-corrected chi connectivity index (χ3v) is 3.17. The quantitative estimate of drug-likeness (QED) is 0.686. The van der Waals surface area contributed by atoms with Crippen LogP contribution in [0.15, 0.2) is 36.4 Å². The van der Waals surface area contributed by atoms with Crippen LogP contribution in [-0.4, -0.2) is 4.92 Å². The molecule has 6 heteroatoms. The summed E-state index contributed by atoms with van der Waals surface area (Å²) in [7, 11) is 0. The Balaban J connectivity index is 2.47. The van der Waals surface area contributed by atoms with Gasteiger partial charge < -0.3 is 10.5 Å². The maximum absolute atomic E-state index is 11.0. The van der Waals surface area contributed by atoms with Crippen molar-refractivity contribution < 1.29 is 9.66 Å². The van der Waals surface area contributed by atoms with Crippen molar-refractivity contribution >= 4 is 17.3 Å². The molecule has 2 N–H and O–H groups in total. The Morgan fingerprint density at radius 1 is 1.30 bits per heavy atom. The van der Waals surface area contributed by atoms with Crippen molar-refractivity contribution in [3.8, 4) is 11.5 Å². The summed E-state index contributed by atoms with van der Waals surface area (Å²) in [5.74, 6) is 0.598. The molecule has 20 heavy (non-hydrogen) atoms. The van der Waals surface area contributed by atoms with Gasteiger partial charge in [-0.1, -0.05) is 23.7 Å². The van der Waals surface area contributed by atoms with E-state index in [0.29, 0.717) is 16.3 Å². The van der Waals surface area contributed by atoms with Crippen LogP contribution in [0.1, 0.15) is 11.1 Å². The monoisotopic (exact) mass is 292 g/mol. The van der Waals surface area contributed by atoms with Gasteiger partial charge in [-0.25, -0.2) is 0 Å². The smallest absolute Gasteiger partial charge is 0.311 e. The number of ether oxygens (including phenoxy) is 1. The van der Waals surface area contributed by atoms with Gasteiger partial charge in [-0.3, -0.25) is 10.1 Å². The number of nitro benzene ring substituents is 1. The van der Waals surface area contributed by atoms with Crippen LogP contribution < -0.4 is 10.5 Å². The number of nitrogens with zero attached hydrogens (tertiary/aromatic N) is 1. The van der Waals surface area contributed by atoms with E-state index in [2.05, 4.69) is 0 Å². The van der Waals surface area contributed by atoms with Crippen LogP contribution in [0.2, 0.25) is 5.02 Å². The second kappa shape index (κ2) is 5.90. The maximum atomic E-state index is 11.0. The van der Waals surface area contributed by atoms with E-state index in [0.717, 1.165) is 5.56 Å². The van der Waals surface area contributed by atoms with E-state index in [-0.39, 0.29) is 18.0 Å². The molecule has 0 saturated carbocycles. The van der Waals surface area contributed by atoms with Crippen molar-refractivity contribution in [1.29, 1.82) is 0 Å². The first-order valence-electron chi connectivity index (χ1n) is 5.93. The minimum Gasteiger partial charge on any atom is -0.450 e. The summed E-state index contributed by atoms with van der Waals surface area (Å²) in [6, 6.07) is 9.77. The molecule has 0 unspecified atom stereocenters. The fourth-order valence-corrected chi connectivity index (χ4v) is 2.05. The molecule has 104 valence electrons. The molecule has 2 rings (SSSR count). The lowest BCUT2D eigenvalue weighted by Gasteiger charge is -2.11. The molecule has 2 aromatic rings. The Morgan fingerprint density at radius 2 is 2.05 bits per heavy atom. The topological polar surface area (TPSA) is 78.4 Å². The van der Waals surface area contributed by atoms with Crippen LogP contribution in [0.25, 0.3) is 0 Å². The summed E-state index contributed by atoms with van der Waals surface area (Å²) in [5, 5.41) is 11.5. The molecule has 0 bridgehead atoms. The average molecular weight is 293 g/mol. The van der Waals surface area contributed by atoms with Gasteiger partial charge in [-0.2, -0.15) is 0 Å².